The zero-order valence-corrected chi connectivity index (χ0v) is 15.8. The maximum Gasteiger partial charge on any atom is 0.254 e. The lowest BCUT2D eigenvalue weighted by Crippen LogP contribution is -2.41. The Balaban J connectivity index is 1.50. The van der Waals surface area contributed by atoms with E-state index in [1.165, 1.54) is 0 Å². The molecule has 2 amide bonds. The Morgan fingerprint density at radius 1 is 1.31 bits per heavy atom. The number of carbonyl (C=O) groups excluding carboxylic acids is 2. The van der Waals surface area contributed by atoms with Gasteiger partial charge in [0.25, 0.3) is 11.8 Å². The van der Waals surface area contributed by atoms with Gasteiger partial charge in [-0.25, -0.2) is 0 Å². The van der Waals surface area contributed by atoms with Crippen LogP contribution in [-0.4, -0.2) is 46.1 Å². The van der Waals surface area contributed by atoms with Crippen LogP contribution in [0, 0.1) is 12.8 Å². The maximum atomic E-state index is 12.7. The molecule has 26 heavy (non-hydrogen) atoms. The molecule has 1 fully saturated rings. The summed E-state index contributed by atoms with van der Waals surface area (Å²) in [5.41, 5.74) is 2.06. The minimum atomic E-state index is -0.105. The van der Waals surface area contributed by atoms with Crippen LogP contribution in [0.2, 0.25) is 5.02 Å². The number of aryl methyl sites for hydroxylation is 1. The van der Waals surface area contributed by atoms with Gasteiger partial charge in [0.1, 0.15) is 0 Å². The largest absolute Gasteiger partial charge is 0.352 e. The number of carbonyl (C=O) groups is 2. The molecule has 138 valence electrons. The molecule has 0 spiro atoms. The number of halogens is 1. The first-order chi connectivity index (χ1) is 12.5. The second-order valence-corrected chi connectivity index (χ2v) is 7.17. The number of amides is 2. The van der Waals surface area contributed by atoms with Gasteiger partial charge in [-0.2, -0.15) is 5.10 Å². The molecule has 1 N–H and O–H groups in total. The van der Waals surface area contributed by atoms with E-state index in [1.807, 2.05) is 24.0 Å². The van der Waals surface area contributed by atoms with Gasteiger partial charge in [-0.3, -0.25) is 14.3 Å². The molecule has 0 bridgehead atoms. The van der Waals surface area contributed by atoms with Crippen molar-refractivity contribution >= 4 is 23.4 Å². The summed E-state index contributed by atoms with van der Waals surface area (Å²) in [5, 5.41) is 7.58. The summed E-state index contributed by atoms with van der Waals surface area (Å²) in [6.45, 7) is 3.87. The minimum Gasteiger partial charge on any atom is -0.352 e. The van der Waals surface area contributed by atoms with Gasteiger partial charge in [-0.15, -0.1) is 0 Å². The van der Waals surface area contributed by atoms with Gasteiger partial charge in [0, 0.05) is 43.5 Å². The lowest BCUT2D eigenvalue weighted by atomic mass is 9.95. The van der Waals surface area contributed by atoms with Gasteiger partial charge in [0.05, 0.1) is 11.8 Å². The van der Waals surface area contributed by atoms with Crippen LogP contribution in [0.1, 0.15) is 39.1 Å². The molecule has 1 aliphatic rings. The SMILES string of the molecule is Cc1c(Cl)cccc1C(=O)N1CCC(CNC(=O)c2cnn(C)c2)CC1. The summed E-state index contributed by atoms with van der Waals surface area (Å²) in [6, 6.07) is 5.43. The van der Waals surface area contributed by atoms with Gasteiger partial charge in [0.2, 0.25) is 0 Å². The molecule has 2 heterocycles. The van der Waals surface area contributed by atoms with Crippen LogP contribution in [0.3, 0.4) is 0 Å². The second-order valence-electron chi connectivity index (χ2n) is 6.76. The smallest absolute Gasteiger partial charge is 0.254 e. The van der Waals surface area contributed by atoms with Gasteiger partial charge < -0.3 is 10.2 Å². The first-order valence-corrected chi connectivity index (χ1v) is 9.14. The number of nitrogens with one attached hydrogen (secondary N) is 1. The average Bonchev–Trinajstić information content (AvgIpc) is 3.08. The molecular weight excluding hydrogens is 352 g/mol. The topological polar surface area (TPSA) is 67.2 Å². The fraction of sp³-hybridized carbons (Fsp3) is 0.421. The van der Waals surface area contributed by atoms with Crippen LogP contribution in [0.5, 0.6) is 0 Å². The molecule has 0 unspecified atom stereocenters. The number of likely N-dealkylation sites (tertiary alicyclic amines) is 1. The number of aromatic nitrogens is 2. The quantitative estimate of drug-likeness (QED) is 0.894. The van der Waals surface area contributed by atoms with E-state index < -0.39 is 0 Å². The van der Waals surface area contributed by atoms with E-state index in [-0.39, 0.29) is 11.8 Å². The summed E-state index contributed by atoms with van der Waals surface area (Å²) >= 11 is 6.13. The summed E-state index contributed by atoms with van der Waals surface area (Å²) in [5.74, 6) is 0.300. The standard InChI is InChI=1S/C19H23ClN4O2/c1-13-16(4-3-5-17(13)20)19(26)24-8-6-14(7-9-24)10-21-18(25)15-11-22-23(2)12-15/h3-5,11-12,14H,6-10H2,1-2H3,(H,21,25). The number of hydrogen-bond acceptors (Lipinski definition) is 3. The lowest BCUT2D eigenvalue weighted by molar-refractivity contribution is 0.0683. The van der Waals surface area contributed by atoms with Crippen LogP contribution >= 0.6 is 11.6 Å². The number of piperidine rings is 1. The van der Waals surface area contributed by atoms with Crippen LogP contribution < -0.4 is 5.32 Å². The summed E-state index contributed by atoms with van der Waals surface area (Å²) in [4.78, 5) is 26.7. The second kappa shape index (κ2) is 7.91. The third kappa shape index (κ3) is 4.07. The van der Waals surface area contributed by atoms with Crippen molar-refractivity contribution in [3.05, 3.63) is 52.3 Å². The Morgan fingerprint density at radius 2 is 2.04 bits per heavy atom. The molecule has 3 rings (SSSR count). The van der Waals surface area contributed by atoms with E-state index in [1.54, 1.807) is 30.2 Å². The Hall–Kier alpha value is -2.34. The van der Waals surface area contributed by atoms with Crippen LogP contribution in [0.4, 0.5) is 0 Å². The predicted molar refractivity (Wildman–Crippen MR) is 100 cm³/mol. The van der Waals surface area contributed by atoms with Gasteiger partial charge >= 0.3 is 0 Å². The van der Waals surface area contributed by atoms with E-state index in [0.717, 1.165) is 18.4 Å². The monoisotopic (exact) mass is 374 g/mol. The van der Waals surface area contributed by atoms with E-state index in [4.69, 9.17) is 11.6 Å². The van der Waals surface area contributed by atoms with Gasteiger partial charge in [-0.1, -0.05) is 17.7 Å². The first-order valence-electron chi connectivity index (χ1n) is 8.77. The van der Waals surface area contributed by atoms with Crippen molar-refractivity contribution in [1.82, 2.24) is 20.0 Å². The zero-order chi connectivity index (χ0) is 18.7. The summed E-state index contributed by atoms with van der Waals surface area (Å²) in [7, 11) is 1.78. The fourth-order valence-electron chi connectivity index (χ4n) is 3.23. The lowest BCUT2D eigenvalue weighted by Gasteiger charge is -2.32. The molecule has 7 heteroatoms. The number of benzene rings is 1. The molecule has 1 aliphatic heterocycles. The third-order valence-corrected chi connectivity index (χ3v) is 5.33. The minimum absolute atomic E-state index is 0.0304. The van der Waals surface area contributed by atoms with Crippen LogP contribution in [-0.2, 0) is 7.05 Å². The van der Waals surface area contributed by atoms with E-state index in [0.29, 0.717) is 41.7 Å². The zero-order valence-electron chi connectivity index (χ0n) is 15.0. The Kier molecular flexibility index (Phi) is 5.61. The predicted octanol–water partition coefficient (Wildman–Crippen LogP) is 2.66. The Labute approximate surface area is 158 Å². The molecule has 1 saturated heterocycles. The van der Waals surface area contributed by atoms with Gasteiger partial charge in [0.15, 0.2) is 0 Å². The highest BCUT2D eigenvalue weighted by molar-refractivity contribution is 6.31. The summed E-state index contributed by atoms with van der Waals surface area (Å²) in [6.07, 6.45) is 5.01. The van der Waals surface area contributed by atoms with Crippen molar-refractivity contribution in [2.24, 2.45) is 13.0 Å². The van der Waals surface area contributed by atoms with Crippen molar-refractivity contribution in [1.29, 1.82) is 0 Å². The molecular formula is C19H23ClN4O2. The highest BCUT2D eigenvalue weighted by Crippen LogP contribution is 2.23. The highest BCUT2D eigenvalue weighted by atomic mass is 35.5. The molecule has 6 nitrogen and oxygen atoms in total. The number of nitrogens with zero attached hydrogens (tertiary/aromatic N) is 3. The van der Waals surface area contributed by atoms with Crippen molar-refractivity contribution in [3.63, 3.8) is 0 Å². The van der Waals surface area contributed by atoms with E-state index >= 15 is 0 Å². The van der Waals surface area contributed by atoms with Crippen molar-refractivity contribution in [2.75, 3.05) is 19.6 Å². The number of hydrogen-bond donors (Lipinski definition) is 1. The third-order valence-electron chi connectivity index (χ3n) is 4.92. The molecule has 0 aliphatic carbocycles. The Bertz CT molecular complexity index is 810. The van der Waals surface area contributed by atoms with E-state index in [2.05, 4.69) is 10.4 Å². The van der Waals surface area contributed by atoms with Crippen molar-refractivity contribution in [2.45, 2.75) is 19.8 Å². The van der Waals surface area contributed by atoms with Crippen molar-refractivity contribution < 1.29 is 9.59 Å². The number of rotatable bonds is 4. The molecule has 1 aromatic carbocycles. The first kappa shape index (κ1) is 18.5. The normalized spacial score (nSPS) is 15.1. The van der Waals surface area contributed by atoms with Crippen LogP contribution in [0.15, 0.2) is 30.6 Å². The molecule has 0 atom stereocenters. The Morgan fingerprint density at radius 3 is 2.69 bits per heavy atom. The average molecular weight is 375 g/mol. The maximum absolute atomic E-state index is 12.7. The van der Waals surface area contributed by atoms with Crippen LogP contribution in [0.25, 0.3) is 0 Å². The highest BCUT2D eigenvalue weighted by Gasteiger charge is 2.25. The molecule has 0 saturated carbocycles. The molecule has 0 radical (unpaired) electrons. The molecule has 2 aromatic rings. The summed E-state index contributed by atoms with van der Waals surface area (Å²) < 4.78 is 1.61. The van der Waals surface area contributed by atoms with Crippen molar-refractivity contribution in [3.8, 4) is 0 Å². The van der Waals surface area contributed by atoms with Gasteiger partial charge in [-0.05, 0) is 43.4 Å². The fourth-order valence-corrected chi connectivity index (χ4v) is 3.40. The molecule has 1 aromatic heterocycles. The van der Waals surface area contributed by atoms with E-state index in [9.17, 15) is 9.59 Å².